The Kier molecular flexibility index (Phi) is 7.56. The molecular formula is C32H36N6O. The largest absolute Gasteiger partial charge is 0.335 e. The molecule has 0 atom stereocenters. The number of aromatic nitrogens is 4. The summed E-state index contributed by atoms with van der Waals surface area (Å²) < 4.78 is 5.60. The quantitative estimate of drug-likeness (QED) is 0.199. The van der Waals surface area contributed by atoms with Crippen molar-refractivity contribution >= 4 is 28.2 Å². The standard InChI is InChI=1S/C32H36N6O/c1-5-6-7-8-9-13-18-25-22(2)26(21-33)31-34-27-19-14-15-20-28(27)37(31)30(25)35-29-23(3)36(4)38(32(29)39)24-16-11-10-12-17-24/h10-12,14-17,19-20,35H,5-9,13,18H2,1-4H3. The van der Waals surface area contributed by atoms with Crippen molar-refractivity contribution in [3.63, 3.8) is 0 Å². The Bertz CT molecular complexity index is 1730. The third-order valence-corrected chi connectivity index (χ3v) is 7.81. The Labute approximate surface area is 229 Å². The smallest absolute Gasteiger partial charge is 0.295 e. The van der Waals surface area contributed by atoms with E-state index in [9.17, 15) is 10.1 Å². The zero-order valence-electron chi connectivity index (χ0n) is 23.3. The van der Waals surface area contributed by atoms with Crippen molar-refractivity contribution in [1.29, 1.82) is 5.26 Å². The number of fused-ring (bicyclic) bond motifs is 3. The first-order chi connectivity index (χ1) is 19.0. The lowest BCUT2D eigenvalue weighted by Gasteiger charge is -2.18. The van der Waals surface area contributed by atoms with Crippen molar-refractivity contribution in [2.75, 3.05) is 5.32 Å². The van der Waals surface area contributed by atoms with Crippen molar-refractivity contribution in [1.82, 2.24) is 18.7 Å². The highest BCUT2D eigenvalue weighted by Gasteiger charge is 2.24. The SMILES string of the molecule is CCCCCCCCc1c(C)c(C#N)c2nc3ccccc3n2c1Nc1c(C)n(C)n(-c2ccccc2)c1=O. The van der Waals surface area contributed by atoms with Gasteiger partial charge in [-0.15, -0.1) is 0 Å². The van der Waals surface area contributed by atoms with E-state index in [0.717, 1.165) is 58.6 Å². The lowest BCUT2D eigenvalue weighted by Crippen LogP contribution is -2.21. The monoisotopic (exact) mass is 520 g/mol. The minimum absolute atomic E-state index is 0.119. The van der Waals surface area contributed by atoms with Gasteiger partial charge in [-0.05, 0) is 62.1 Å². The summed E-state index contributed by atoms with van der Waals surface area (Å²) in [7, 11) is 1.90. The van der Waals surface area contributed by atoms with Gasteiger partial charge in [-0.1, -0.05) is 69.4 Å². The number of rotatable bonds is 10. The first-order valence-corrected chi connectivity index (χ1v) is 13.9. The van der Waals surface area contributed by atoms with E-state index < -0.39 is 0 Å². The highest BCUT2D eigenvalue weighted by atomic mass is 16.1. The Morgan fingerprint density at radius 2 is 1.64 bits per heavy atom. The fourth-order valence-corrected chi connectivity index (χ4v) is 5.54. The Balaban J connectivity index is 1.69. The lowest BCUT2D eigenvalue weighted by atomic mass is 9.98. The van der Waals surface area contributed by atoms with Crippen LogP contribution in [0.25, 0.3) is 22.4 Å². The summed E-state index contributed by atoms with van der Waals surface area (Å²) in [6, 6.07) is 20.0. The van der Waals surface area contributed by atoms with E-state index in [4.69, 9.17) is 4.98 Å². The number of nitriles is 1. The topological polar surface area (TPSA) is 80.1 Å². The van der Waals surface area contributed by atoms with Crippen LogP contribution < -0.4 is 10.9 Å². The Hall–Kier alpha value is -4.31. The van der Waals surface area contributed by atoms with Crippen LogP contribution in [-0.4, -0.2) is 18.7 Å². The first kappa shape index (κ1) is 26.3. The number of hydrogen-bond donors (Lipinski definition) is 1. The number of anilines is 2. The second-order valence-electron chi connectivity index (χ2n) is 10.3. The summed E-state index contributed by atoms with van der Waals surface area (Å²) in [4.78, 5) is 18.7. The highest BCUT2D eigenvalue weighted by molar-refractivity contribution is 5.87. The second-order valence-corrected chi connectivity index (χ2v) is 10.3. The summed E-state index contributed by atoms with van der Waals surface area (Å²) >= 11 is 0. The van der Waals surface area contributed by atoms with Gasteiger partial charge in [0.25, 0.3) is 5.56 Å². The number of benzene rings is 2. The van der Waals surface area contributed by atoms with Crippen molar-refractivity contribution < 1.29 is 0 Å². The minimum atomic E-state index is -0.119. The molecule has 5 aromatic rings. The molecule has 200 valence electrons. The van der Waals surface area contributed by atoms with Gasteiger partial charge < -0.3 is 5.32 Å². The molecule has 1 N–H and O–H groups in total. The van der Waals surface area contributed by atoms with E-state index in [0.29, 0.717) is 16.9 Å². The van der Waals surface area contributed by atoms with Crippen LogP contribution in [0.1, 0.15) is 67.8 Å². The van der Waals surface area contributed by atoms with Gasteiger partial charge >= 0.3 is 0 Å². The fourth-order valence-electron chi connectivity index (χ4n) is 5.54. The molecule has 3 aromatic heterocycles. The molecular weight excluding hydrogens is 484 g/mol. The molecule has 0 unspecified atom stereocenters. The van der Waals surface area contributed by atoms with Gasteiger partial charge in [-0.2, -0.15) is 5.26 Å². The van der Waals surface area contributed by atoms with Gasteiger partial charge in [0.1, 0.15) is 17.6 Å². The van der Waals surface area contributed by atoms with E-state index in [1.807, 2.05) is 84.6 Å². The van der Waals surface area contributed by atoms with Crippen molar-refractivity contribution in [3.05, 3.63) is 87.3 Å². The molecule has 5 rings (SSSR count). The number of nitrogens with one attached hydrogen (secondary N) is 1. The van der Waals surface area contributed by atoms with E-state index in [2.05, 4.69) is 18.3 Å². The molecule has 0 radical (unpaired) electrons. The maximum absolute atomic E-state index is 13.8. The van der Waals surface area contributed by atoms with Crippen LogP contribution in [-0.2, 0) is 13.5 Å². The Morgan fingerprint density at radius 3 is 2.38 bits per heavy atom. The minimum Gasteiger partial charge on any atom is -0.335 e. The molecule has 0 saturated carbocycles. The fraction of sp³-hybridized carbons (Fsp3) is 0.344. The molecule has 0 spiro atoms. The summed E-state index contributed by atoms with van der Waals surface area (Å²) in [6.45, 7) is 6.19. The van der Waals surface area contributed by atoms with Crippen molar-refractivity contribution in [3.8, 4) is 11.8 Å². The number of para-hydroxylation sites is 3. The molecule has 0 bridgehead atoms. The lowest BCUT2D eigenvalue weighted by molar-refractivity contribution is 0.607. The van der Waals surface area contributed by atoms with Crippen LogP contribution >= 0.6 is 0 Å². The number of nitrogens with zero attached hydrogens (tertiary/aromatic N) is 5. The van der Waals surface area contributed by atoms with Crippen LogP contribution in [0.4, 0.5) is 11.5 Å². The summed E-state index contributed by atoms with van der Waals surface area (Å²) in [5.74, 6) is 0.815. The number of imidazole rings is 1. The first-order valence-electron chi connectivity index (χ1n) is 13.9. The van der Waals surface area contributed by atoms with Gasteiger partial charge in [-0.25, -0.2) is 9.67 Å². The molecule has 0 amide bonds. The molecule has 7 heteroatoms. The maximum Gasteiger partial charge on any atom is 0.295 e. The van der Waals surface area contributed by atoms with Crippen LogP contribution in [0.15, 0.2) is 59.4 Å². The zero-order valence-corrected chi connectivity index (χ0v) is 23.3. The normalized spacial score (nSPS) is 11.4. The molecule has 2 aromatic carbocycles. The van der Waals surface area contributed by atoms with E-state index >= 15 is 0 Å². The van der Waals surface area contributed by atoms with Gasteiger partial charge in [0, 0.05) is 7.05 Å². The van der Waals surface area contributed by atoms with E-state index in [1.165, 1.54) is 25.7 Å². The predicted octanol–water partition coefficient (Wildman–Crippen LogP) is 7.11. The maximum atomic E-state index is 13.8. The number of pyridine rings is 1. The molecule has 3 heterocycles. The van der Waals surface area contributed by atoms with Crippen LogP contribution in [0.5, 0.6) is 0 Å². The van der Waals surface area contributed by atoms with E-state index in [1.54, 1.807) is 4.68 Å². The Morgan fingerprint density at radius 1 is 0.949 bits per heavy atom. The van der Waals surface area contributed by atoms with Crippen LogP contribution in [0, 0.1) is 25.2 Å². The molecule has 0 aliphatic carbocycles. The summed E-state index contributed by atoms with van der Waals surface area (Å²) in [5.41, 5.74) is 6.95. The highest BCUT2D eigenvalue weighted by Crippen LogP contribution is 2.34. The third kappa shape index (κ3) is 4.72. The van der Waals surface area contributed by atoms with Gasteiger partial charge in [-0.3, -0.25) is 13.9 Å². The summed E-state index contributed by atoms with van der Waals surface area (Å²) in [5, 5.41) is 13.8. The van der Waals surface area contributed by atoms with Crippen LogP contribution in [0.3, 0.4) is 0 Å². The zero-order chi connectivity index (χ0) is 27.5. The second kappa shape index (κ2) is 11.2. The van der Waals surface area contributed by atoms with Gasteiger partial charge in [0.05, 0.1) is 28.0 Å². The van der Waals surface area contributed by atoms with Gasteiger partial charge in [0.2, 0.25) is 0 Å². The molecule has 39 heavy (non-hydrogen) atoms. The molecule has 0 aliphatic heterocycles. The molecule has 0 fully saturated rings. The average Bonchev–Trinajstić information content (AvgIpc) is 3.42. The number of hydrogen-bond acceptors (Lipinski definition) is 4. The molecule has 7 nitrogen and oxygen atoms in total. The third-order valence-electron chi connectivity index (χ3n) is 7.81. The number of unbranched alkanes of at least 4 members (excludes halogenated alkanes) is 5. The van der Waals surface area contributed by atoms with E-state index in [-0.39, 0.29) is 5.56 Å². The van der Waals surface area contributed by atoms with Crippen molar-refractivity contribution in [2.45, 2.75) is 65.7 Å². The summed E-state index contributed by atoms with van der Waals surface area (Å²) in [6.07, 6.45) is 7.90. The molecule has 0 saturated heterocycles. The predicted molar refractivity (Wildman–Crippen MR) is 158 cm³/mol. The van der Waals surface area contributed by atoms with Crippen molar-refractivity contribution in [2.24, 2.45) is 7.05 Å². The average molecular weight is 521 g/mol. The molecule has 0 aliphatic rings. The van der Waals surface area contributed by atoms with Gasteiger partial charge in [0.15, 0.2) is 5.65 Å². The van der Waals surface area contributed by atoms with Crippen LogP contribution in [0.2, 0.25) is 0 Å².